The molecule has 1 fully saturated rings. The van der Waals surface area contributed by atoms with Crippen LogP contribution in [0, 0.1) is 18.9 Å². The summed E-state index contributed by atoms with van der Waals surface area (Å²) in [7, 11) is 0. The molecule has 0 spiro atoms. The minimum Gasteiger partial charge on any atom is -0.456 e. The summed E-state index contributed by atoms with van der Waals surface area (Å²) in [5.74, 6) is 0.973. The number of halogens is 3. The van der Waals surface area contributed by atoms with Crippen LogP contribution >= 0.6 is 0 Å². The molecule has 1 saturated carbocycles. The third-order valence-corrected chi connectivity index (χ3v) is 4.60. The van der Waals surface area contributed by atoms with Gasteiger partial charge < -0.3 is 9.72 Å². The van der Waals surface area contributed by atoms with Gasteiger partial charge in [0.2, 0.25) is 0 Å². The standard InChI is InChI=1S/C20H17F3NO/c1-12-3-2-4-17(20(21,22)23)19(12)25-15-7-8-18-16(10-15)14(11-24-18)9-13-5-6-13/h3-4,7-8,10-11,13,24H,5-6,9H2,1H3. The van der Waals surface area contributed by atoms with E-state index in [1.165, 1.54) is 24.5 Å². The number of hydrogen-bond acceptors (Lipinski definition) is 1. The maximum Gasteiger partial charge on any atom is 0.420 e. The predicted octanol–water partition coefficient (Wildman–Crippen LogP) is 6.04. The van der Waals surface area contributed by atoms with E-state index in [1.54, 1.807) is 13.0 Å². The molecule has 1 aliphatic rings. The van der Waals surface area contributed by atoms with Crippen molar-refractivity contribution < 1.29 is 17.9 Å². The number of alkyl halides is 3. The van der Waals surface area contributed by atoms with Gasteiger partial charge in [0.15, 0.2) is 0 Å². The molecule has 1 heterocycles. The van der Waals surface area contributed by atoms with Gasteiger partial charge in [0.25, 0.3) is 0 Å². The molecule has 4 rings (SSSR count). The van der Waals surface area contributed by atoms with Crippen LogP contribution in [0.1, 0.15) is 29.5 Å². The average molecular weight is 344 g/mol. The second kappa shape index (κ2) is 5.83. The fourth-order valence-corrected chi connectivity index (χ4v) is 3.08. The lowest BCUT2D eigenvalue weighted by atomic mass is 10.1. The number of rotatable bonds is 4. The fraction of sp³-hybridized carbons (Fsp3) is 0.300. The third-order valence-electron chi connectivity index (χ3n) is 4.60. The summed E-state index contributed by atoms with van der Waals surface area (Å²) in [6.45, 7) is 1.59. The van der Waals surface area contributed by atoms with Crippen LogP contribution in [-0.2, 0) is 12.6 Å². The molecule has 0 unspecified atom stereocenters. The van der Waals surface area contributed by atoms with Crippen molar-refractivity contribution in [2.75, 3.05) is 0 Å². The Hall–Kier alpha value is -2.43. The lowest BCUT2D eigenvalue weighted by Crippen LogP contribution is -2.08. The zero-order chi connectivity index (χ0) is 17.6. The number of fused-ring (bicyclic) bond motifs is 1. The summed E-state index contributed by atoms with van der Waals surface area (Å²) in [5.41, 5.74) is 1.76. The van der Waals surface area contributed by atoms with Crippen LogP contribution in [0.15, 0.2) is 36.5 Å². The molecule has 0 aliphatic heterocycles. The van der Waals surface area contributed by atoms with E-state index in [0.717, 1.165) is 29.3 Å². The van der Waals surface area contributed by atoms with E-state index in [0.29, 0.717) is 11.3 Å². The molecule has 1 aliphatic carbocycles. The Bertz CT molecular complexity index is 922. The molecule has 2 aromatic carbocycles. The second-order valence-electron chi connectivity index (χ2n) is 6.65. The van der Waals surface area contributed by atoms with Gasteiger partial charge in [0.05, 0.1) is 5.56 Å². The number of benzene rings is 2. The molecule has 0 atom stereocenters. The maximum atomic E-state index is 13.2. The van der Waals surface area contributed by atoms with E-state index in [1.807, 2.05) is 18.3 Å². The lowest BCUT2D eigenvalue weighted by Gasteiger charge is -2.16. The number of aromatic amines is 1. The van der Waals surface area contributed by atoms with Crippen molar-refractivity contribution in [3.05, 3.63) is 59.3 Å². The SMILES string of the molecule is Cc1c[c]cc(C(F)(F)F)c1Oc1ccc2[nH]cc(CC3CC3)c2c1. The summed E-state index contributed by atoms with van der Waals surface area (Å²) in [5, 5.41) is 1.01. The molecule has 1 radical (unpaired) electrons. The van der Waals surface area contributed by atoms with Crippen LogP contribution in [0.4, 0.5) is 13.2 Å². The van der Waals surface area contributed by atoms with E-state index < -0.39 is 11.7 Å². The molecule has 2 nitrogen and oxygen atoms in total. The predicted molar refractivity (Wildman–Crippen MR) is 89.8 cm³/mol. The summed E-state index contributed by atoms with van der Waals surface area (Å²) >= 11 is 0. The summed E-state index contributed by atoms with van der Waals surface area (Å²) in [4.78, 5) is 3.22. The molecule has 0 bridgehead atoms. The molecule has 0 amide bonds. The number of ether oxygens (including phenoxy) is 1. The molecular weight excluding hydrogens is 327 g/mol. The van der Waals surface area contributed by atoms with Crippen molar-refractivity contribution in [2.45, 2.75) is 32.4 Å². The topological polar surface area (TPSA) is 25.0 Å². The Morgan fingerprint density at radius 1 is 1.24 bits per heavy atom. The Morgan fingerprint density at radius 2 is 2.04 bits per heavy atom. The zero-order valence-corrected chi connectivity index (χ0v) is 13.7. The van der Waals surface area contributed by atoms with Gasteiger partial charge in [-0.15, -0.1) is 0 Å². The van der Waals surface area contributed by atoms with Gasteiger partial charge >= 0.3 is 6.18 Å². The third kappa shape index (κ3) is 3.23. The number of H-pyrrole nitrogens is 1. The van der Waals surface area contributed by atoms with Gasteiger partial charge in [-0.2, -0.15) is 13.2 Å². The molecular formula is C20H17F3NO. The summed E-state index contributed by atoms with van der Waals surface area (Å²) in [6.07, 6.45) is 0.995. The lowest BCUT2D eigenvalue weighted by molar-refractivity contribution is -0.138. The van der Waals surface area contributed by atoms with E-state index in [4.69, 9.17) is 4.74 Å². The summed E-state index contributed by atoms with van der Waals surface area (Å²) < 4.78 is 45.4. The zero-order valence-electron chi connectivity index (χ0n) is 13.7. The number of aryl methyl sites for hydroxylation is 1. The highest BCUT2D eigenvalue weighted by atomic mass is 19.4. The van der Waals surface area contributed by atoms with Crippen LogP contribution < -0.4 is 4.74 Å². The van der Waals surface area contributed by atoms with Crippen molar-refractivity contribution in [1.82, 2.24) is 4.98 Å². The molecule has 0 saturated heterocycles. The van der Waals surface area contributed by atoms with Crippen LogP contribution in [0.3, 0.4) is 0 Å². The van der Waals surface area contributed by atoms with Crippen LogP contribution in [0.5, 0.6) is 11.5 Å². The molecule has 129 valence electrons. The largest absolute Gasteiger partial charge is 0.456 e. The fourth-order valence-electron chi connectivity index (χ4n) is 3.08. The maximum absolute atomic E-state index is 13.2. The van der Waals surface area contributed by atoms with Gasteiger partial charge in [-0.25, -0.2) is 0 Å². The first-order valence-electron chi connectivity index (χ1n) is 8.27. The van der Waals surface area contributed by atoms with Crippen molar-refractivity contribution in [3.63, 3.8) is 0 Å². The van der Waals surface area contributed by atoms with Crippen molar-refractivity contribution >= 4 is 10.9 Å². The highest BCUT2D eigenvalue weighted by molar-refractivity contribution is 5.84. The van der Waals surface area contributed by atoms with Gasteiger partial charge in [0.1, 0.15) is 11.5 Å². The van der Waals surface area contributed by atoms with Gasteiger partial charge in [0, 0.05) is 17.1 Å². The Balaban J connectivity index is 1.71. The smallest absolute Gasteiger partial charge is 0.420 e. The van der Waals surface area contributed by atoms with E-state index >= 15 is 0 Å². The van der Waals surface area contributed by atoms with Crippen molar-refractivity contribution in [3.8, 4) is 11.5 Å². The number of nitrogens with one attached hydrogen (secondary N) is 1. The molecule has 1 N–H and O–H groups in total. The first-order valence-corrected chi connectivity index (χ1v) is 8.27. The van der Waals surface area contributed by atoms with Crippen LogP contribution in [0.2, 0.25) is 0 Å². The Kier molecular flexibility index (Phi) is 3.74. The van der Waals surface area contributed by atoms with Gasteiger partial charge in [-0.3, -0.25) is 0 Å². The Labute approximate surface area is 143 Å². The molecule has 1 aromatic heterocycles. The second-order valence-corrected chi connectivity index (χ2v) is 6.65. The first kappa shape index (κ1) is 16.1. The minimum atomic E-state index is -4.48. The average Bonchev–Trinajstić information content (AvgIpc) is 3.28. The minimum absolute atomic E-state index is 0.162. The van der Waals surface area contributed by atoms with Gasteiger partial charge in [-0.1, -0.05) is 0 Å². The first-order chi connectivity index (χ1) is 11.9. The number of aromatic nitrogens is 1. The van der Waals surface area contributed by atoms with Crippen LogP contribution in [-0.4, -0.2) is 4.98 Å². The normalized spacial score (nSPS) is 14.9. The Morgan fingerprint density at radius 3 is 2.76 bits per heavy atom. The van der Waals surface area contributed by atoms with Crippen molar-refractivity contribution in [1.29, 1.82) is 0 Å². The quantitative estimate of drug-likeness (QED) is 0.613. The molecule has 5 heteroatoms. The van der Waals surface area contributed by atoms with E-state index in [9.17, 15) is 13.2 Å². The van der Waals surface area contributed by atoms with Gasteiger partial charge in [-0.05, 0) is 79.6 Å². The monoisotopic (exact) mass is 344 g/mol. The van der Waals surface area contributed by atoms with Crippen LogP contribution in [0.25, 0.3) is 10.9 Å². The number of hydrogen-bond donors (Lipinski definition) is 1. The van der Waals surface area contributed by atoms with Crippen molar-refractivity contribution in [2.24, 2.45) is 5.92 Å². The molecule has 3 aromatic rings. The molecule has 25 heavy (non-hydrogen) atoms. The van der Waals surface area contributed by atoms with E-state index in [-0.39, 0.29) is 5.75 Å². The van der Waals surface area contributed by atoms with E-state index in [2.05, 4.69) is 11.1 Å². The summed E-state index contributed by atoms with van der Waals surface area (Å²) in [6, 6.07) is 10.3. The highest BCUT2D eigenvalue weighted by Gasteiger charge is 2.35. The highest BCUT2D eigenvalue weighted by Crippen LogP contribution is 2.41.